The highest BCUT2D eigenvalue weighted by atomic mass is 16.5. The summed E-state index contributed by atoms with van der Waals surface area (Å²) in [7, 11) is 0. The van der Waals surface area contributed by atoms with E-state index in [0.717, 1.165) is 16.9 Å². The number of hydrogen-bond donors (Lipinski definition) is 4. The van der Waals surface area contributed by atoms with Crippen molar-refractivity contribution in [3.63, 3.8) is 0 Å². The van der Waals surface area contributed by atoms with Gasteiger partial charge in [0.2, 0.25) is 5.96 Å². The lowest BCUT2D eigenvalue weighted by atomic mass is 9.95. The normalized spacial score (nSPS) is 13.4. The summed E-state index contributed by atoms with van der Waals surface area (Å²) in [5.41, 5.74) is 14.8. The highest BCUT2D eigenvalue weighted by molar-refractivity contribution is 5.98. The van der Waals surface area contributed by atoms with Gasteiger partial charge in [0.15, 0.2) is 6.19 Å². The van der Waals surface area contributed by atoms with Crippen molar-refractivity contribution >= 4 is 23.3 Å². The van der Waals surface area contributed by atoms with Crippen LogP contribution in [0.15, 0.2) is 83.9 Å². The average Bonchev–Trinajstić information content (AvgIpc) is 2.99. The Hall–Kier alpha value is -5.94. The molecule has 1 aliphatic rings. The fourth-order valence-corrected chi connectivity index (χ4v) is 4.26. The summed E-state index contributed by atoms with van der Waals surface area (Å²) in [6, 6.07) is 26.1. The number of anilines is 3. The van der Waals surface area contributed by atoms with Crippen molar-refractivity contribution in [2.24, 2.45) is 4.99 Å². The van der Waals surface area contributed by atoms with E-state index in [2.05, 4.69) is 20.6 Å². The fraction of sp³-hybridized carbons (Fsp3) is 0.133. The third-order valence-electron chi connectivity index (χ3n) is 6.25. The molecule has 1 unspecified atom stereocenters. The van der Waals surface area contributed by atoms with Crippen LogP contribution in [-0.2, 0) is 6.61 Å². The standard InChI is InChI=1S/C30H26N8O3/c31-16-24-26(33)25-27(36-30(35-18-32)38-29(25)37-28(24)34)20-6-8-21(9-7-20)39-14-15-40-22-10-12-23(13-11-22)41-17-19-4-2-1-3-5-19/h1-13,27H,14-15,17H2,(H6,33,34,35,36,37,38). The summed E-state index contributed by atoms with van der Waals surface area (Å²) in [6.07, 6.45) is 1.83. The van der Waals surface area contributed by atoms with Crippen LogP contribution in [0.5, 0.6) is 17.2 Å². The Morgan fingerprint density at radius 2 is 1.44 bits per heavy atom. The third-order valence-corrected chi connectivity index (χ3v) is 6.25. The van der Waals surface area contributed by atoms with Gasteiger partial charge < -0.3 is 31.0 Å². The molecule has 0 amide bonds. The SMILES string of the molecule is N#CNC1=NC(c2ccc(OCCOc3ccc(OCc4ccccc4)cc3)cc2)c2c(nc(N)c(C#N)c2N)N1. The second-order valence-electron chi connectivity index (χ2n) is 8.91. The number of aromatic nitrogens is 1. The van der Waals surface area contributed by atoms with Crippen LogP contribution in [0.25, 0.3) is 0 Å². The van der Waals surface area contributed by atoms with Gasteiger partial charge in [-0.1, -0.05) is 42.5 Å². The van der Waals surface area contributed by atoms with E-state index in [9.17, 15) is 5.26 Å². The van der Waals surface area contributed by atoms with E-state index < -0.39 is 6.04 Å². The number of benzene rings is 3. The molecule has 0 aliphatic carbocycles. The molecule has 0 fully saturated rings. The zero-order valence-electron chi connectivity index (χ0n) is 21.9. The van der Waals surface area contributed by atoms with E-state index in [1.807, 2.05) is 79.0 Å². The Kier molecular flexibility index (Phi) is 7.98. The second-order valence-corrected chi connectivity index (χ2v) is 8.91. The Morgan fingerprint density at radius 1 is 0.829 bits per heavy atom. The van der Waals surface area contributed by atoms with Crippen molar-refractivity contribution in [2.75, 3.05) is 30.0 Å². The monoisotopic (exact) mass is 546 g/mol. The predicted molar refractivity (Wildman–Crippen MR) is 154 cm³/mol. The lowest BCUT2D eigenvalue weighted by molar-refractivity contribution is 0.217. The Bertz CT molecular complexity index is 1630. The quantitative estimate of drug-likeness (QED) is 0.136. The van der Waals surface area contributed by atoms with Gasteiger partial charge in [-0.25, -0.2) is 9.98 Å². The molecule has 0 saturated heterocycles. The van der Waals surface area contributed by atoms with E-state index in [1.165, 1.54) is 0 Å². The number of rotatable bonds is 9. The molecule has 1 aliphatic heterocycles. The van der Waals surface area contributed by atoms with Crippen molar-refractivity contribution in [1.82, 2.24) is 10.3 Å². The number of nitrogens with two attached hydrogens (primary N) is 2. The number of nitrogens with one attached hydrogen (secondary N) is 2. The molecule has 0 radical (unpaired) electrons. The maximum Gasteiger partial charge on any atom is 0.211 e. The van der Waals surface area contributed by atoms with E-state index >= 15 is 0 Å². The smallest absolute Gasteiger partial charge is 0.211 e. The Balaban J connectivity index is 1.18. The molecule has 11 heteroatoms. The van der Waals surface area contributed by atoms with Gasteiger partial charge in [0, 0.05) is 5.56 Å². The lowest BCUT2D eigenvalue weighted by Crippen LogP contribution is -2.32. The summed E-state index contributed by atoms with van der Waals surface area (Å²) in [4.78, 5) is 8.81. The number of nitrogen functional groups attached to an aromatic ring is 2. The lowest BCUT2D eigenvalue weighted by Gasteiger charge is -2.26. The van der Waals surface area contributed by atoms with Crippen LogP contribution in [-0.4, -0.2) is 24.2 Å². The molecule has 0 saturated carbocycles. The van der Waals surface area contributed by atoms with Crippen LogP contribution >= 0.6 is 0 Å². The molecule has 0 spiro atoms. The molecule has 41 heavy (non-hydrogen) atoms. The van der Waals surface area contributed by atoms with E-state index in [1.54, 1.807) is 12.1 Å². The van der Waals surface area contributed by atoms with Crippen molar-refractivity contribution < 1.29 is 14.2 Å². The van der Waals surface area contributed by atoms with Crippen LogP contribution in [0.2, 0.25) is 0 Å². The largest absolute Gasteiger partial charge is 0.490 e. The van der Waals surface area contributed by atoms with Crippen molar-refractivity contribution in [2.45, 2.75) is 12.6 Å². The van der Waals surface area contributed by atoms with Crippen LogP contribution in [0, 0.1) is 22.8 Å². The van der Waals surface area contributed by atoms with Gasteiger partial charge in [0.1, 0.15) is 66.4 Å². The van der Waals surface area contributed by atoms with Gasteiger partial charge in [-0.2, -0.15) is 10.5 Å². The molecule has 4 aromatic rings. The first kappa shape index (κ1) is 26.7. The summed E-state index contributed by atoms with van der Waals surface area (Å²) in [6.45, 7) is 1.18. The minimum atomic E-state index is -0.626. The first-order valence-corrected chi connectivity index (χ1v) is 12.7. The maximum absolute atomic E-state index is 9.49. The van der Waals surface area contributed by atoms with Gasteiger partial charge in [-0.15, -0.1) is 0 Å². The second kappa shape index (κ2) is 12.3. The number of pyridine rings is 1. The van der Waals surface area contributed by atoms with Gasteiger partial charge in [-0.05, 0) is 47.5 Å². The summed E-state index contributed by atoms with van der Waals surface area (Å²) in [5.74, 6) is 2.62. The molecule has 2 heterocycles. The number of hydrogen-bond acceptors (Lipinski definition) is 11. The predicted octanol–water partition coefficient (Wildman–Crippen LogP) is 4.10. The Morgan fingerprint density at radius 3 is 2.05 bits per heavy atom. The van der Waals surface area contributed by atoms with Crippen molar-refractivity contribution in [1.29, 1.82) is 10.5 Å². The van der Waals surface area contributed by atoms with Crippen molar-refractivity contribution in [3.05, 3.63) is 101 Å². The molecule has 204 valence electrons. The first-order chi connectivity index (χ1) is 20.1. The van der Waals surface area contributed by atoms with Crippen LogP contribution in [0.4, 0.5) is 17.3 Å². The molecule has 5 rings (SSSR count). The summed E-state index contributed by atoms with van der Waals surface area (Å²) >= 11 is 0. The minimum absolute atomic E-state index is 0.00786. The van der Waals surface area contributed by atoms with Crippen LogP contribution < -0.4 is 36.3 Å². The van der Waals surface area contributed by atoms with Crippen LogP contribution in [0.1, 0.15) is 28.3 Å². The maximum atomic E-state index is 9.49. The fourth-order valence-electron chi connectivity index (χ4n) is 4.26. The molecule has 0 bridgehead atoms. The molecule has 6 N–H and O–H groups in total. The molecule has 1 atom stereocenters. The molecule has 1 aromatic heterocycles. The van der Waals surface area contributed by atoms with Gasteiger partial charge in [0.25, 0.3) is 0 Å². The van der Waals surface area contributed by atoms with Crippen molar-refractivity contribution in [3.8, 4) is 29.5 Å². The average molecular weight is 547 g/mol. The highest BCUT2D eigenvalue weighted by Gasteiger charge is 2.29. The molecular weight excluding hydrogens is 520 g/mol. The summed E-state index contributed by atoms with van der Waals surface area (Å²) < 4.78 is 17.4. The van der Waals surface area contributed by atoms with Gasteiger partial charge in [0.05, 0.1) is 5.69 Å². The third kappa shape index (κ3) is 6.21. The molecule has 3 aromatic carbocycles. The molecule has 11 nitrogen and oxygen atoms in total. The number of nitrogens with zero attached hydrogens (tertiary/aromatic N) is 4. The first-order valence-electron chi connectivity index (χ1n) is 12.7. The zero-order chi connectivity index (χ0) is 28.6. The number of fused-ring (bicyclic) bond motifs is 1. The van der Waals surface area contributed by atoms with E-state index in [0.29, 0.717) is 42.7 Å². The highest BCUT2D eigenvalue weighted by Crippen LogP contribution is 2.40. The molecular formula is C30H26N8O3. The minimum Gasteiger partial charge on any atom is -0.490 e. The zero-order valence-corrected chi connectivity index (χ0v) is 21.9. The van der Waals surface area contributed by atoms with E-state index in [4.69, 9.17) is 30.9 Å². The Labute approximate surface area is 236 Å². The van der Waals surface area contributed by atoms with Gasteiger partial charge in [-0.3, -0.25) is 5.32 Å². The number of guanidine groups is 1. The number of ether oxygens (including phenoxy) is 3. The van der Waals surface area contributed by atoms with Gasteiger partial charge >= 0.3 is 0 Å². The van der Waals surface area contributed by atoms with Crippen LogP contribution in [0.3, 0.4) is 0 Å². The van der Waals surface area contributed by atoms with E-state index in [-0.39, 0.29) is 23.0 Å². The number of nitriles is 2. The number of aliphatic imine (C=N–C) groups is 1. The topological polar surface area (TPSA) is 177 Å². The summed E-state index contributed by atoms with van der Waals surface area (Å²) in [5, 5.41) is 23.9.